The molecule has 0 amide bonds. The van der Waals surface area contributed by atoms with Gasteiger partial charge in [-0.3, -0.25) is 4.98 Å². The molecule has 2 heterocycles. The van der Waals surface area contributed by atoms with E-state index < -0.39 is 0 Å². The van der Waals surface area contributed by atoms with E-state index in [1.165, 1.54) is 5.56 Å². The lowest BCUT2D eigenvalue weighted by Gasteiger charge is -1.97. The average molecular weight is 199 g/mol. The van der Waals surface area contributed by atoms with Gasteiger partial charge >= 0.3 is 0 Å². The second-order valence-electron chi connectivity index (χ2n) is 2.36. The van der Waals surface area contributed by atoms with E-state index in [1.807, 2.05) is 18.5 Å². The van der Waals surface area contributed by atoms with E-state index >= 15 is 0 Å². The van der Waals surface area contributed by atoms with Crippen LogP contribution in [0.25, 0.3) is 0 Å². The summed E-state index contributed by atoms with van der Waals surface area (Å²) < 4.78 is 1.10. The second kappa shape index (κ2) is 2.32. The van der Waals surface area contributed by atoms with Gasteiger partial charge in [0.2, 0.25) is 0 Å². The normalized spacial score (nSPS) is 22.7. The van der Waals surface area contributed by atoms with E-state index in [2.05, 4.69) is 26.2 Å². The molecular weight excluding hydrogens is 192 g/mol. The van der Waals surface area contributed by atoms with Crippen molar-refractivity contribution in [2.45, 2.75) is 6.04 Å². The summed E-state index contributed by atoms with van der Waals surface area (Å²) in [6, 6.07) is 2.60. The van der Waals surface area contributed by atoms with Crippen molar-refractivity contribution in [3.8, 4) is 0 Å². The van der Waals surface area contributed by atoms with Gasteiger partial charge in [0.1, 0.15) is 0 Å². The summed E-state index contributed by atoms with van der Waals surface area (Å²) in [6.45, 7) is 1.10. The van der Waals surface area contributed by atoms with Crippen LogP contribution in [0.2, 0.25) is 0 Å². The van der Waals surface area contributed by atoms with Gasteiger partial charge in [0, 0.05) is 29.5 Å². The van der Waals surface area contributed by atoms with Gasteiger partial charge in [-0.2, -0.15) is 0 Å². The highest BCUT2D eigenvalue weighted by atomic mass is 79.9. The molecule has 1 aliphatic rings. The smallest absolute Gasteiger partial charge is 0.0460 e. The Bertz CT molecular complexity index is 245. The SMILES string of the molecule is Brc1cnccc1[C@H]1CN1. The first-order chi connectivity index (χ1) is 4.88. The van der Waals surface area contributed by atoms with Crippen LogP contribution in [0.5, 0.6) is 0 Å². The molecule has 0 aliphatic carbocycles. The maximum absolute atomic E-state index is 3.98. The Morgan fingerprint density at radius 3 is 3.10 bits per heavy atom. The van der Waals surface area contributed by atoms with Crippen LogP contribution in [0.3, 0.4) is 0 Å². The van der Waals surface area contributed by atoms with Crippen molar-refractivity contribution in [3.63, 3.8) is 0 Å². The highest BCUT2D eigenvalue weighted by Crippen LogP contribution is 2.27. The first-order valence-electron chi connectivity index (χ1n) is 3.21. The lowest BCUT2D eigenvalue weighted by atomic mass is 10.2. The fourth-order valence-electron chi connectivity index (χ4n) is 0.947. The van der Waals surface area contributed by atoms with E-state index in [9.17, 15) is 0 Å². The van der Waals surface area contributed by atoms with Gasteiger partial charge in [-0.05, 0) is 27.6 Å². The van der Waals surface area contributed by atoms with Crippen LogP contribution in [0.1, 0.15) is 11.6 Å². The fourth-order valence-corrected chi connectivity index (χ4v) is 1.47. The lowest BCUT2D eigenvalue weighted by molar-refractivity contribution is 1.05. The largest absolute Gasteiger partial charge is 0.307 e. The monoisotopic (exact) mass is 198 g/mol. The minimum atomic E-state index is 0.567. The molecule has 3 heteroatoms. The van der Waals surface area contributed by atoms with Crippen LogP contribution in [-0.2, 0) is 0 Å². The Morgan fingerprint density at radius 1 is 1.70 bits per heavy atom. The Morgan fingerprint density at radius 2 is 2.50 bits per heavy atom. The number of hydrogen-bond acceptors (Lipinski definition) is 2. The maximum Gasteiger partial charge on any atom is 0.0460 e. The number of nitrogens with one attached hydrogen (secondary N) is 1. The predicted molar refractivity (Wildman–Crippen MR) is 42.7 cm³/mol. The molecular formula is C7H7BrN2. The lowest BCUT2D eigenvalue weighted by Crippen LogP contribution is -1.85. The maximum atomic E-state index is 3.98. The van der Waals surface area contributed by atoms with Gasteiger partial charge in [0.25, 0.3) is 0 Å². The number of aromatic nitrogens is 1. The third kappa shape index (κ3) is 1.07. The van der Waals surface area contributed by atoms with E-state index in [0.717, 1.165) is 11.0 Å². The molecule has 1 aliphatic heterocycles. The van der Waals surface area contributed by atoms with Gasteiger partial charge < -0.3 is 5.32 Å². The minimum Gasteiger partial charge on any atom is -0.307 e. The number of pyridine rings is 1. The number of nitrogens with zero attached hydrogens (tertiary/aromatic N) is 1. The zero-order valence-electron chi connectivity index (χ0n) is 5.34. The van der Waals surface area contributed by atoms with Crippen LogP contribution >= 0.6 is 15.9 Å². The number of hydrogen-bond donors (Lipinski definition) is 1. The van der Waals surface area contributed by atoms with Crippen molar-refractivity contribution in [1.82, 2.24) is 10.3 Å². The van der Waals surface area contributed by atoms with Crippen LogP contribution < -0.4 is 5.32 Å². The fraction of sp³-hybridized carbons (Fsp3) is 0.286. The number of rotatable bonds is 1. The third-order valence-electron chi connectivity index (χ3n) is 1.59. The van der Waals surface area contributed by atoms with E-state index in [4.69, 9.17) is 0 Å². The molecule has 0 radical (unpaired) electrons. The predicted octanol–water partition coefficient (Wildman–Crippen LogP) is 1.49. The van der Waals surface area contributed by atoms with Crippen LogP contribution in [-0.4, -0.2) is 11.5 Å². The molecule has 1 N–H and O–H groups in total. The topological polar surface area (TPSA) is 34.8 Å². The summed E-state index contributed by atoms with van der Waals surface area (Å²) in [6.07, 6.45) is 3.65. The molecule has 1 fully saturated rings. The Kier molecular flexibility index (Phi) is 1.47. The number of halogens is 1. The Labute approximate surface area is 67.8 Å². The standard InChI is InChI=1S/C7H7BrN2/c8-6-3-9-2-1-5(6)7-4-10-7/h1-3,7,10H,4H2/t7-/m1/s1. The minimum absolute atomic E-state index is 0.567. The van der Waals surface area contributed by atoms with Crippen LogP contribution in [0, 0.1) is 0 Å². The zero-order valence-corrected chi connectivity index (χ0v) is 6.93. The van der Waals surface area contributed by atoms with Crippen molar-refractivity contribution in [2.75, 3.05) is 6.54 Å². The highest BCUT2D eigenvalue weighted by Gasteiger charge is 2.23. The zero-order chi connectivity index (χ0) is 6.97. The van der Waals surface area contributed by atoms with Gasteiger partial charge in [-0.25, -0.2) is 0 Å². The molecule has 1 saturated heterocycles. The third-order valence-corrected chi connectivity index (χ3v) is 2.25. The molecule has 0 saturated carbocycles. The molecule has 0 bridgehead atoms. The van der Waals surface area contributed by atoms with Crippen molar-refractivity contribution in [1.29, 1.82) is 0 Å². The molecule has 10 heavy (non-hydrogen) atoms. The quantitative estimate of drug-likeness (QED) is 0.695. The van der Waals surface area contributed by atoms with Crippen molar-refractivity contribution >= 4 is 15.9 Å². The van der Waals surface area contributed by atoms with E-state index in [0.29, 0.717) is 6.04 Å². The molecule has 52 valence electrons. The van der Waals surface area contributed by atoms with Gasteiger partial charge in [0.05, 0.1) is 0 Å². The molecule has 1 atom stereocenters. The molecule has 1 aromatic rings. The average Bonchev–Trinajstić information content (AvgIpc) is 2.71. The van der Waals surface area contributed by atoms with Crippen molar-refractivity contribution < 1.29 is 0 Å². The molecule has 0 aromatic carbocycles. The summed E-state index contributed by atoms with van der Waals surface area (Å²) in [5, 5.41) is 3.23. The summed E-state index contributed by atoms with van der Waals surface area (Å²) in [5.74, 6) is 0. The van der Waals surface area contributed by atoms with Crippen molar-refractivity contribution in [3.05, 3.63) is 28.5 Å². The van der Waals surface area contributed by atoms with Gasteiger partial charge in [-0.1, -0.05) is 0 Å². The van der Waals surface area contributed by atoms with Crippen LogP contribution in [0.4, 0.5) is 0 Å². The highest BCUT2D eigenvalue weighted by molar-refractivity contribution is 9.10. The van der Waals surface area contributed by atoms with E-state index in [1.54, 1.807) is 0 Å². The van der Waals surface area contributed by atoms with E-state index in [-0.39, 0.29) is 0 Å². The second-order valence-corrected chi connectivity index (χ2v) is 3.21. The molecule has 1 aromatic heterocycles. The van der Waals surface area contributed by atoms with Crippen molar-refractivity contribution in [2.24, 2.45) is 0 Å². The Hall–Kier alpha value is -0.410. The summed E-state index contributed by atoms with van der Waals surface area (Å²) in [4.78, 5) is 3.98. The van der Waals surface area contributed by atoms with Gasteiger partial charge in [-0.15, -0.1) is 0 Å². The molecule has 0 spiro atoms. The molecule has 2 rings (SSSR count). The molecule has 2 nitrogen and oxygen atoms in total. The van der Waals surface area contributed by atoms with Crippen LogP contribution in [0.15, 0.2) is 22.9 Å². The first kappa shape index (κ1) is 6.31. The van der Waals surface area contributed by atoms with Gasteiger partial charge in [0.15, 0.2) is 0 Å². The summed E-state index contributed by atoms with van der Waals surface area (Å²) in [7, 11) is 0. The molecule has 0 unspecified atom stereocenters. The summed E-state index contributed by atoms with van der Waals surface area (Å²) in [5.41, 5.74) is 1.31. The first-order valence-corrected chi connectivity index (χ1v) is 4.00. The summed E-state index contributed by atoms with van der Waals surface area (Å²) >= 11 is 3.43. The Balaban J connectivity index is 2.39.